The fraction of sp³-hybridized carbons (Fsp3) is 0.286. The van der Waals surface area contributed by atoms with Crippen molar-refractivity contribution in [3.05, 3.63) is 60.2 Å². The Kier molecular flexibility index (Phi) is 6.89. The Morgan fingerprint density at radius 1 is 0.964 bits per heavy atom. The summed E-state index contributed by atoms with van der Waals surface area (Å²) in [4.78, 5) is 34.0. The van der Waals surface area contributed by atoms with Crippen molar-refractivity contribution < 1.29 is 29.7 Å². The van der Waals surface area contributed by atoms with E-state index in [2.05, 4.69) is 5.32 Å². The Morgan fingerprint density at radius 2 is 1.54 bits per heavy atom. The van der Waals surface area contributed by atoms with E-state index in [-0.39, 0.29) is 12.8 Å². The highest BCUT2D eigenvalue weighted by atomic mass is 16.4. The van der Waals surface area contributed by atoms with Gasteiger partial charge in [-0.3, -0.25) is 9.59 Å². The highest BCUT2D eigenvalue weighted by Crippen LogP contribution is 2.25. The summed E-state index contributed by atoms with van der Waals surface area (Å²) in [5, 5.41) is 30.0. The summed E-state index contributed by atoms with van der Waals surface area (Å²) in [6.45, 7) is 0.725. The first-order valence-electron chi connectivity index (χ1n) is 8.77. The lowest BCUT2D eigenvalue weighted by Gasteiger charge is -2.28. The Hall–Kier alpha value is -3.19. The van der Waals surface area contributed by atoms with Crippen LogP contribution in [0.2, 0.25) is 0 Å². The van der Waals surface area contributed by atoms with Crippen LogP contribution in [0.25, 0.3) is 11.1 Å². The summed E-state index contributed by atoms with van der Waals surface area (Å²) in [5.74, 6) is -4.08. The fourth-order valence-corrected chi connectivity index (χ4v) is 2.93. The lowest BCUT2D eigenvalue weighted by atomic mass is 9.82. The molecule has 2 aromatic rings. The van der Waals surface area contributed by atoms with Crippen molar-refractivity contribution >= 4 is 17.8 Å². The van der Waals surface area contributed by atoms with Gasteiger partial charge in [0.15, 0.2) is 0 Å². The van der Waals surface area contributed by atoms with Crippen LogP contribution < -0.4 is 5.32 Å². The molecule has 0 fully saturated rings. The number of hydrogen-bond acceptors (Lipinski definition) is 4. The van der Waals surface area contributed by atoms with E-state index in [4.69, 9.17) is 5.11 Å². The van der Waals surface area contributed by atoms with Gasteiger partial charge in [-0.15, -0.1) is 0 Å². The van der Waals surface area contributed by atoms with Crippen molar-refractivity contribution in [2.24, 2.45) is 5.41 Å². The molecule has 0 aromatic heterocycles. The number of carboxylic acid groups (broad SMARTS) is 2. The molecule has 0 saturated heterocycles. The minimum atomic E-state index is -1.65. The van der Waals surface area contributed by atoms with E-state index < -0.39 is 35.9 Å². The summed E-state index contributed by atoms with van der Waals surface area (Å²) in [6.07, 6.45) is 0.120. The van der Waals surface area contributed by atoms with Gasteiger partial charge < -0.3 is 20.6 Å². The van der Waals surface area contributed by atoms with Gasteiger partial charge >= 0.3 is 17.8 Å². The van der Waals surface area contributed by atoms with E-state index in [0.29, 0.717) is 0 Å². The van der Waals surface area contributed by atoms with Gasteiger partial charge in [0.25, 0.3) is 0 Å². The number of aliphatic carboxylic acids is 2. The molecule has 0 saturated carbocycles. The normalized spacial score (nSPS) is 13.9. The van der Waals surface area contributed by atoms with Crippen LogP contribution in [0, 0.1) is 5.41 Å². The zero-order valence-electron chi connectivity index (χ0n) is 15.5. The van der Waals surface area contributed by atoms with Gasteiger partial charge in [-0.05, 0) is 36.5 Å². The summed E-state index contributed by atoms with van der Waals surface area (Å²) in [5.41, 5.74) is 1.35. The van der Waals surface area contributed by atoms with E-state index in [1.54, 1.807) is 0 Å². The van der Waals surface area contributed by atoms with Gasteiger partial charge in [0, 0.05) is 6.04 Å². The number of carbonyl (C=O) groups is 3. The lowest BCUT2D eigenvalue weighted by Crippen LogP contribution is -2.46. The van der Waals surface area contributed by atoms with Gasteiger partial charge in [-0.1, -0.05) is 54.6 Å². The molecule has 2 rings (SSSR count). The average Bonchev–Trinajstić information content (AvgIpc) is 2.68. The Balaban J connectivity index is 2.20. The number of hydrogen-bond donors (Lipinski definition) is 4. The number of rotatable bonds is 8. The van der Waals surface area contributed by atoms with Crippen molar-refractivity contribution in [3.8, 4) is 11.1 Å². The highest BCUT2D eigenvalue weighted by Gasteiger charge is 2.36. The molecule has 0 unspecified atom stereocenters. The lowest BCUT2D eigenvalue weighted by molar-refractivity contribution is -0.152. The summed E-state index contributed by atoms with van der Waals surface area (Å²) in [6, 6.07) is 16.5. The minimum absolute atomic E-state index is 0.113. The van der Waals surface area contributed by atoms with Crippen LogP contribution >= 0.6 is 0 Å². The Bertz CT molecular complexity index is 834. The molecule has 28 heavy (non-hydrogen) atoms. The maximum Gasteiger partial charge on any atom is 0.394 e. The topological polar surface area (TPSA) is 124 Å². The van der Waals surface area contributed by atoms with Gasteiger partial charge in [-0.2, -0.15) is 0 Å². The molecule has 0 bridgehead atoms. The smallest absolute Gasteiger partial charge is 0.394 e. The Morgan fingerprint density at radius 3 is 2.04 bits per heavy atom. The molecular formula is C21H23NO6. The highest BCUT2D eigenvalue weighted by molar-refractivity contribution is 6.31. The maximum absolute atomic E-state index is 11.6. The summed E-state index contributed by atoms with van der Waals surface area (Å²) in [7, 11) is 0. The predicted molar refractivity (Wildman–Crippen MR) is 103 cm³/mol. The molecule has 1 amide bonds. The molecule has 0 spiro atoms. The molecular weight excluding hydrogens is 362 g/mol. The van der Waals surface area contributed by atoms with Crippen molar-refractivity contribution in [2.75, 3.05) is 6.61 Å². The van der Waals surface area contributed by atoms with Gasteiger partial charge in [0.2, 0.25) is 0 Å². The largest absolute Gasteiger partial charge is 0.481 e. The second-order valence-electron chi connectivity index (χ2n) is 6.97. The van der Waals surface area contributed by atoms with Gasteiger partial charge in [-0.25, -0.2) is 4.79 Å². The second kappa shape index (κ2) is 9.14. The van der Waals surface area contributed by atoms with Gasteiger partial charge in [0.1, 0.15) is 0 Å². The third kappa shape index (κ3) is 5.40. The van der Waals surface area contributed by atoms with Crippen LogP contribution in [0.5, 0.6) is 0 Å². The number of nitrogens with one attached hydrogen (secondary N) is 1. The number of carboxylic acids is 2. The summed E-state index contributed by atoms with van der Waals surface area (Å²) >= 11 is 0. The van der Waals surface area contributed by atoms with Crippen LogP contribution in [0.1, 0.15) is 18.9 Å². The molecule has 0 radical (unpaired) electrons. The summed E-state index contributed by atoms with van der Waals surface area (Å²) < 4.78 is 0. The first-order valence-corrected chi connectivity index (χ1v) is 8.77. The SMILES string of the molecule is C[C@@](CO)(C[C@@H](Cc1ccc(-c2ccccc2)cc1)NC(=O)C(=O)O)C(=O)O. The third-order valence-electron chi connectivity index (χ3n) is 4.63. The first kappa shape index (κ1) is 21.1. The van der Waals surface area contributed by atoms with Crippen LogP contribution in [0.15, 0.2) is 54.6 Å². The van der Waals surface area contributed by atoms with E-state index in [9.17, 15) is 24.6 Å². The number of amides is 1. The van der Waals surface area contributed by atoms with E-state index in [1.807, 2.05) is 54.6 Å². The van der Waals surface area contributed by atoms with Crippen LogP contribution in [-0.4, -0.2) is 45.8 Å². The zero-order valence-corrected chi connectivity index (χ0v) is 15.5. The average molecular weight is 385 g/mol. The fourth-order valence-electron chi connectivity index (χ4n) is 2.93. The predicted octanol–water partition coefficient (Wildman–Crippen LogP) is 1.94. The maximum atomic E-state index is 11.6. The molecule has 0 heterocycles. The molecule has 0 aliphatic heterocycles. The van der Waals surface area contributed by atoms with Crippen LogP contribution in [-0.2, 0) is 20.8 Å². The van der Waals surface area contributed by atoms with Gasteiger partial charge in [0.05, 0.1) is 12.0 Å². The second-order valence-corrected chi connectivity index (χ2v) is 6.97. The van der Waals surface area contributed by atoms with Crippen molar-refractivity contribution in [1.29, 1.82) is 0 Å². The van der Waals surface area contributed by atoms with Crippen molar-refractivity contribution in [2.45, 2.75) is 25.8 Å². The third-order valence-corrected chi connectivity index (χ3v) is 4.63. The minimum Gasteiger partial charge on any atom is -0.481 e. The van der Waals surface area contributed by atoms with E-state index in [0.717, 1.165) is 16.7 Å². The molecule has 0 aliphatic rings. The molecule has 2 aromatic carbocycles. The molecule has 4 N–H and O–H groups in total. The van der Waals surface area contributed by atoms with Crippen molar-refractivity contribution in [1.82, 2.24) is 5.32 Å². The number of benzene rings is 2. The quantitative estimate of drug-likeness (QED) is 0.515. The molecule has 148 valence electrons. The van der Waals surface area contributed by atoms with E-state index >= 15 is 0 Å². The molecule has 7 heteroatoms. The monoisotopic (exact) mass is 385 g/mol. The Labute approximate surface area is 162 Å². The van der Waals surface area contributed by atoms with Crippen LogP contribution in [0.4, 0.5) is 0 Å². The number of aliphatic hydroxyl groups is 1. The first-order chi connectivity index (χ1) is 13.2. The van der Waals surface area contributed by atoms with Crippen LogP contribution in [0.3, 0.4) is 0 Å². The van der Waals surface area contributed by atoms with E-state index in [1.165, 1.54) is 6.92 Å². The molecule has 0 aliphatic carbocycles. The standard InChI is InChI=1S/C21H23NO6/c1-21(13-23,20(27)28)12-17(22-18(24)19(25)26)11-14-7-9-16(10-8-14)15-5-3-2-4-6-15/h2-10,17,23H,11-13H2,1H3,(H,22,24)(H,25,26)(H,27,28)/t17-,21+/m1/s1. The van der Waals surface area contributed by atoms with Crippen molar-refractivity contribution in [3.63, 3.8) is 0 Å². The molecule has 7 nitrogen and oxygen atoms in total. The number of aliphatic hydroxyl groups excluding tert-OH is 1. The molecule has 2 atom stereocenters. The zero-order chi connectivity index (χ0) is 20.7. The number of carbonyl (C=O) groups excluding carboxylic acids is 1.